The topological polar surface area (TPSA) is 12.0 Å². The Bertz CT molecular complexity index is 436. The summed E-state index contributed by atoms with van der Waals surface area (Å²) < 4.78 is 0. The van der Waals surface area contributed by atoms with Gasteiger partial charge < -0.3 is 5.32 Å². The molecule has 1 aliphatic rings. The van der Waals surface area contributed by atoms with E-state index < -0.39 is 0 Å². The van der Waals surface area contributed by atoms with Gasteiger partial charge >= 0.3 is 0 Å². The average molecular weight is 300 g/mol. The zero-order valence-corrected chi connectivity index (χ0v) is 13.7. The summed E-state index contributed by atoms with van der Waals surface area (Å²) in [5.74, 6) is 0.730. The highest BCUT2D eigenvalue weighted by atomic mass is 35.5. The summed E-state index contributed by atoms with van der Waals surface area (Å²) in [6, 6.07) is 5.82. The molecule has 0 radical (unpaired) electrons. The third kappa shape index (κ3) is 2.79. The van der Waals surface area contributed by atoms with Crippen molar-refractivity contribution in [1.82, 2.24) is 5.32 Å². The van der Waals surface area contributed by atoms with E-state index in [1.807, 2.05) is 25.2 Å². The second-order valence-electron chi connectivity index (χ2n) is 6.88. The highest BCUT2D eigenvalue weighted by Crippen LogP contribution is 2.56. The maximum atomic E-state index is 6.41. The van der Waals surface area contributed by atoms with Crippen LogP contribution in [0.3, 0.4) is 0 Å². The van der Waals surface area contributed by atoms with Crippen LogP contribution < -0.4 is 5.32 Å². The van der Waals surface area contributed by atoms with Gasteiger partial charge in [0.25, 0.3) is 0 Å². The Morgan fingerprint density at radius 1 is 1.21 bits per heavy atom. The van der Waals surface area contributed by atoms with E-state index in [1.54, 1.807) is 0 Å². The summed E-state index contributed by atoms with van der Waals surface area (Å²) in [5.41, 5.74) is 1.58. The van der Waals surface area contributed by atoms with Crippen LogP contribution in [0.5, 0.6) is 0 Å². The van der Waals surface area contributed by atoms with Crippen LogP contribution in [0.2, 0.25) is 10.0 Å². The Morgan fingerprint density at radius 3 is 2.16 bits per heavy atom. The maximum Gasteiger partial charge on any atom is 0.0459 e. The first kappa shape index (κ1) is 15.2. The molecule has 106 valence electrons. The molecule has 1 aromatic carbocycles. The molecule has 0 heterocycles. The lowest BCUT2D eigenvalue weighted by molar-refractivity contribution is 0.0462. The summed E-state index contributed by atoms with van der Waals surface area (Å²) in [7, 11) is 2.00. The SMILES string of the molecule is CNCC1(c2c(Cl)cccc2Cl)CC(C(C)(C)C)C1. The summed E-state index contributed by atoms with van der Waals surface area (Å²) in [5, 5.41) is 4.92. The van der Waals surface area contributed by atoms with Gasteiger partial charge in [0, 0.05) is 22.0 Å². The van der Waals surface area contributed by atoms with Crippen molar-refractivity contribution in [3.05, 3.63) is 33.8 Å². The predicted molar refractivity (Wildman–Crippen MR) is 84.2 cm³/mol. The summed E-state index contributed by atoms with van der Waals surface area (Å²) in [6.45, 7) is 7.88. The van der Waals surface area contributed by atoms with Crippen molar-refractivity contribution in [2.45, 2.75) is 39.0 Å². The summed E-state index contributed by atoms with van der Waals surface area (Å²) in [6.07, 6.45) is 2.31. The van der Waals surface area contributed by atoms with Crippen molar-refractivity contribution in [2.75, 3.05) is 13.6 Å². The highest BCUT2D eigenvalue weighted by Gasteiger charge is 2.50. The number of nitrogens with one attached hydrogen (secondary N) is 1. The van der Waals surface area contributed by atoms with Gasteiger partial charge in [-0.3, -0.25) is 0 Å². The van der Waals surface area contributed by atoms with Crippen LogP contribution in [0.1, 0.15) is 39.2 Å². The zero-order chi connectivity index (χ0) is 14.3. The molecular weight excluding hydrogens is 277 g/mol. The van der Waals surface area contributed by atoms with Gasteiger partial charge in [-0.25, -0.2) is 0 Å². The Hall–Kier alpha value is -0.240. The van der Waals surface area contributed by atoms with E-state index in [-0.39, 0.29) is 5.41 Å². The molecule has 0 saturated heterocycles. The van der Waals surface area contributed by atoms with Gasteiger partial charge in [-0.05, 0) is 48.9 Å². The summed E-state index contributed by atoms with van der Waals surface area (Å²) >= 11 is 12.8. The van der Waals surface area contributed by atoms with E-state index in [9.17, 15) is 0 Å². The van der Waals surface area contributed by atoms with Gasteiger partial charge in [0.2, 0.25) is 0 Å². The Morgan fingerprint density at radius 2 is 1.74 bits per heavy atom. The van der Waals surface area contributed by atoms with Gasteiger partial charge in [0.1, 0.15) is 0 Å². The maximum absolute atomic E-state index is 6.41. The Balaban J connectivity index is 2.33. The van der Waals surface area contributed by atoms with Gasteiger partial charge in [-0.15, -0.1) is 0 Å². The molecule has 0 atom stereocenters. The van der Waals surface area contributed by atoms with E-state index >= 15 is 0 Å². The molecule has 0 bridgehead atoms. The molecular formula is C16H23Cl2N. The molecule has 3 heteroatoms. The fourth-order valence-corrected chi connectivity index (χ4v) is 4.07. The Labute approximate surface area is 126 Å². The largest absolute Gasteiger partial charge is 0.319 e. The first-order chi connectivity index (χ1) is 8.80. The van der Waals surface area contributed by atoms with Crippen LogP contribution in [-0.2, 0) is 5.41 Å². The second-order valence-corrected chi connectivity index (χ2v) is 7.69. The van der Waals surface area contributed by atoms with E-state index in [0.717, 1.165) is 40.9 Å². The quantitative estimate of drug-likeness (QED) is 0.836. The number of halogens is 2. The van der Waals surface area contributed by atoms with Gasteiger partial charge in [-0.1, -0.05) is 50.0 Å². The average Bonchev–Trinajstić information content (AvgIpc) is 2.22. The minimum atomic E-state index is 0.0993. The van der Waals surface area contributed by atoms with E-state index in [1.165, 1.54) is 0 Å². The molecule has 1 N–H and O–H groups in total. The first-order valence-corrected chi connectivity index (χ1v) is 7.65. The molecule has 0 aromatic heterocycles. The monoisotopic (exact) mass is 299 g/mol. The molecule has 0 aliphatic heterocycles. The predicted octanol–water partition coefficient (Wildman–Crippen LogP) is 4.91. The van der Waals surface area contributed by atoms with Crippen LogP contribution in [0, 0.1) is 11.3 Å². The third-order valence-corrected chi connectivity index (χ3v) is 5.14. The molecule has 0 unspecified atom stereocenters. The van der Waals surface area contributed by atoms with E-state index in [2.05, 4.69) is 26.1 Å². The van der Waals surface area contributed by atoms with Crippen LogP contribution in [0.4, 0.5) is 0 Å². The molecule has 0 spiro atoms. The van der Waals surface area contributed by atoms with Crippen molar-refractivity contribution >= 4 is 23.2 Å². The summed E-state index contributed by atoms with van der Waals surface area (Å²) in [4.78, 5) is 0. The number of hydrogen-bond acceptors (Lipinski definition) is 1. The second kappa shape index (κ2) is 5.27. The van der Waals surface area contributed by atoms with Crippen LogP contribution in [0.15, 0.2) is 18.2 Å². The molecule has 1 saturated carbocycles. The number of hydrogen-bond donors (Lipinski definition) is 1. The fraction of sp³-hybridized carbons (Fsp3) is 0.625. The zero-order valence-electron chi connectivity index (χ0n) is 12.2. The van der Waals surface area contributed by atoms with Crippen LogP contribution in [0.25, 0.3) is 0 Å². The lowest BCUT2D eigenvalue weighted by atomic mass is 9.52. The molecule has 1 aromatic rings. The molecule has 1 aliphatic carbocycles. The minimum absolute atomic E-state index is 0.0993. The van der Waals surface area contributed by atoms with Crippen molar-refractivity contribution in [3.8, 4) is 0 Å². The van der Waals surface area contributed by atoms with E-state index in [4.69, 9.17) is 23.2 Å². The molecule has 19 heavy (non-hydrogen) atoms. The Kier molecular flexibility index (Phi) is 4.21. The van der Waals surface area contributed by atoms with Crippen LogP contribution >= 0.6 is 23.2 Å². The number of benzene rings is 1. The van der Waals surface area contributed by atoms with E-state index in [0.29, 0.717) is 5.41 Å². The van der Waals surface area contributed by atoms with Gasteiger partial charge in [0.05, 0.1) is 0 Å². The third-order valence-electron chi connectivity index (χ3n) is 4.51. The van der Waals surface area contributed by atoms with Gasteiger partial charge in [0.15, 0.2) is 0 Å². The highest BCUT2D eigenvalue weighted by molar-refractivity contribution is 6.36. The fourth-order valence-electron chi connectivity index (χ4n) is 3.28. The normalized spacial score (nSPS) is 27.2. The molecule has 2 rings (SSSR count). The van der Waals surface area contributed by atoms with Crippen molar-refractivity contribution < 1.29 is 0 Å². The number of likely N-dealkylation sites (N-methyl/N-ethyl adjacent to an activating group) is 1. The van der Waals surface area contributed by atoms with Crippen molar-refractivity contribution in [2.24, 2.45) is 11.3 Å². The smallest absolute Gasteiger partial charge is 0.0459 e. The lowest BCUT2D eigenvalue weighted by Gasteiger charge is -2.54. The standard InChI is InChI=1S/C16H23Cl2N/c1-15(2,3)11-8-16(9-11,10-19-4)14-12(17)6-5-7-13(14)18/h5-7,11,19H,8-10H2,1-4H3. The lowest BCUT2D eigenvalue weighted by Crippen LogP contribution is -2.51. The minimum Gasteiger partial charge on any atom is -0.319 e. The molecule has 1 fully saturated rings. The van der Waals surface area contributed by atoms with Gasteiger partial charge in [-0.2, -0.15) is 0 Å². The first-order valence-electron chi connectivity index (χ1n) is 6.89. The molecule has 0 amide bonds. The molecule has 1 nitrogen and oxygen atoms in total. The number of rotatable bonds is 3. The van der Waals surface area contributed by atoms with Crippen LogP contribution in [-0.4, -0.2) is 13.6 Å². The van der Waals surface area contributed by atoms with Crippen molar-refractivity contribution in [3.63, 3.8) is 0 Å². The van der Waals surface area contributed by atoms with Crippen molar-refractivity contribution in [1.29, 1.82) is 0 Å².